The lowest BCUT2D eigenvalue weighted by molar-refractivity contribution is -0.0713. The molecule has 2 aromatic rings. The molecular formula is C23H29N3O4. The minimum absolute atomic E-state index is 0.0578. The summed E-state index contributed by atoms with van der Waals surface area (Å²) in [4.78, 5) is 21.8. The average Bonchev–Trinajstić information content (AvgIpc) is 3.51. The van der Waals surface area contributed by atoms with Gasteiger partial charge in [-0.05, 0) is 42.9 Å². The SMILES string of the molecule is CN(C)OC(=O)c1cc(O)c2c(c1)N(C)C(C1CC1)N2CCC(O)c1ccccc1. The Kier molecular flexibility index (Phi) is 5.58. The molecule has 1 aliphatic heterocycles. The standard InChI is InChI=1S/C23H29N3O4/c1-24(2)30-23(29)17-13-18-21(20(28)14-17)26(22(25(18)3)16-9-10-16)12-11-19(27)15-7-5-4-6-8-15/h4-8,13-14,16,19,22,27-28H,9-12H2,1-3H3. The molecule has 160 valence electrons. The minimum Gasteiger partial charge on any atom is -0.506 e. The third-order valence-electron chi connectivity index (χ3n) is 5.83. The van der Waals surface area contributed by atoms with Gasteiger partial charge in [0.25, 0.3) is 0 Å². The number of fused-ring (bicyclic) bond motifs is 1. The molecular weight excluding hydrogens is 382 g/mol. The summed E-state index contributed by atoms with van der Waals surface area (Å²) in [5, 5.41) is 22.8. The third-order valence-corrected chi connectivity index (χ3v) is 5.83. The molecule has 0 spiro atoms. The van der Waals surface area contributed by atoms with Crippen molar-refractivity contribution < 1.29 is 19.8 Å². The number of aliphatic hydroxyl groups excluding tert-OH is 1. The van der Waals surface area contributed by atoms with Crippen molar-refractivity contribution in [1.82, 2.24) is 5.06 Å². The lowest BCUT2D eigenvalue weighted by atomic mass is 10.1. The Labute approximate surface area is 177 Å². The highest BCUT2D eigenvalue weighted by Crippen LogP contribution is 2.51. The Morgan fingerprint density at radius 1 is 1.23 bits per heavy atom. The molecule has 1 heterocycles. The predicted octanol–water partition coefficient (Wildman–Crippen LogP) is 3.14. The summed E-state index contributed by atoms with van der Waals surface area (Å²) in [7, 11) is 5.27. The molecule has 0 amide bonds. The molecule has 2 aromatic carbocycles. The highest BCUT2D eigenvalue weighted by atomic mass is 16.7. The van der Waals surface area contributed by atoms with Crippen LogP contribution in [0.2, 0.25) is 0 Å². The molecule has 0 aromatic heterocycles. The van der Waals surface area contributed by atoms with E-state index in [1.165, 1.54) is 11.1 Å². The van der Waals surface area contributed by atoms with Crippen molar-refractivity contribution >= 4 is 17.3 Å². The number of benzene rings is 2. The number of phenolic OH excluding ortho intramolecular Hbond substituents is 1. The van der Waals surface area contributed by atoms with Gasteiger partial charge in [-0.2, -0.15) is 0 Å². The molecule has 1 aliphatic carbocycles. The van der Waals surface area contributed by atoms with Gasteiger partial charge in [0.05, 0.1) is 17.4 Å². The summed E-state index contributed by atoms with van der Waals surface area (Å²) in [6.45, 7) is 0.601. The maximum absolute atomic E-state index is 12.4. The first kappa shape index (κ1) is 20.5. The first-order valence-electron chi connectivity index (χ1n) is 10.4. The van der Waals surface area contributed by atoms with E-state index in [1.54, 1.807) is 20.2 Å². The number of rotatable bonds is 7. The molecule has 0 bridgehead atoms. The summed E-state index contributed by atoms with van der Waals surface area (Å²) in [5.74, 6) is 0.0580. The number of carbonyl (C=O) groups excluding carboxylic acids is 1. The summed E-state index contributed by atoms with van der Waals surface area (Å²) in [5.41, 5.74) is 2.73. The predicted molar refractivity (Wildman–Crippen MR) is 115 cm³/mol. The van der Waals surface area contributed by atoms with Gasteiger partial charge >= 0.3 is 5.97 Å². The van der Waals surface area contributed by atoms with Crippen LogP contribution in [0.25, 0.3) is 0 Å². The van der Waals surface area contributed by atoms with E-state index in [0.29, 0.717) is 24.4 Å². The zero-order valence-corrected chi connectivity index (χ0v) is 17.7. The normalized spacial score (nSPS) is 19.2. The minimum atomic E-state index is -0.572. The highest BCUT2D eigenvalue weighted by Gasteiger charge is 2.45. The van der Waals surface area contributed by atoms with E-state index in [9.17, 15) is 15.0 Å². The quantitative estimate of drug-likeness (QED) is 0.678. The van der Waals surface area contributed by atoms with Gasteiger partial charge in [0, 0.05) is 27.7 Å². The van der Waals surface area contributed by atoms with Gasteiger partial charge in [-0.25, -0.2) is 4.79 Å². The summed E-state index contributed by atoms with van der Waals surface area (Å²) in [6, 6.07) is 12.9. The van der Waals surface area contributed by atoms with E-state index < -0.39 is 12.1 Å². The Morgan fingerprint density at radius 3 is 2.57 bits per heavy atom. The fraction of sp³-hybridized carbons (Fsp3) is 0.435. The molecule has 1 fully saturated rings. The second-order valence-electron chi connectivity index (χ2n) is 8.32. The lowest BCUT2D eigenvalue weighted by Gasteiger charge is -2.31. The topological polar surface area (TPSA) is 76.5 Å². The Balaban J connectivity index is 1.60. The fourth-order valence-electron chi connectivity index (χ4n) is 4.30. The zero-order chi connectivity index (χ0) is 21.4. The Morgan fingerprint density at radius 2 is 1.93 bits per heavy atom. The second-order valence-corrected chi connectivity index (χ2v) is 8.32. The van der Waals surface area contributed by atoms with Gasteiger partial charge in [-0.3, -0.25) is 0 Å². The maximum atomic E-state index is 12.4. The van der Waals surface area contributed by atoms with E-state index in [4.69, 9.17) is 4.84 Å². The maximum Gasteiger partial charge on any atom is 0.357 e. The first-order chi connectivity index (χ1) is 14.4. The highest BCUT2D eigenvalue weighted by molar-refractivity contribution is 5.95. The van der Waals surface area contributed by atoms with E-state index in [1.807, 2.05) is 37.4 Å². The number of hydrogen-bond donors (Lipinski definition) is 2. The van der Waals surface area contributed by atoms with Crippen LogP contribution in [0, 0.1) is 5.92 Å². The van der Waals surface area contributed by atoms with Crippen LogP contribution in [0.3, 0.4) is 0 Å². The number of anilines is 2. The molecule has 4 rings (SSSR count). The van der Waals surface area contributed by atoms with E-state index in [0.717, 1.165) is 29.8 Å². The van der Waals surface area contributed by atoms with Gasteiger partial charge in [0.2, 0.25) is 0 Å². The van der Waals surface area contributed by atoms with E-state index >= 15 is 0 Å². The average molecular weight is 412 g/mol. The number of carbonyl (C=O) groups is 1. The molecule has 7 heteroatoms. The van der Waals surface area contributed by atoms with Crippen molar-refractivity contribution in [1.29, 1.82) is 0 Å². The van der Waals surface area contributed by atoms with Gasteiger partial charge < -0.3 is 24.9 Å². The summed E-state index contributed by atoms with van der Waals surface area (Å²) in [6.07, 6.45) is 2.35. The van der Waals surface area contributed by atoms with Crippen molar-refractivity contribution in [3.05, 3.63) is 53.6 Å². The number of hydroxylamine groups is 2. The van der Waals surface area contributed by atoms with Gasteiger partial charge in [-0.1, -0.05) is 30.3 Å². The van der Waals surface area contributed by atoms with Crippen LogP contribution in [-0.4, -0.2) is 55.1 Å². The summed E-state index contributed by atoms with van der Waals surface area (Å²) < 4.78 is 0. The number of phenols is 1. The van der Waals surface area contributed by atoms with Crippen LogP contribution in [0.15, 0.2) is 42.5 Å². The largest absolute Gasteiger partial charge is 0.506 e. The molecule has 0 radical (unpaired) electrons. The monoisotopic (exact) mass is 411 g/mol. The Bertz CT molecular complexity index is 914. The molecule has 2 atom stereocenters. The molecule has 1 saturated carbocycles. The van der Waals surface area contributed by atoms with Crippen LogP contribution in [0.1, 0.15) is 41.3 Å². The zero-order valence-electron chi connectivity index (χ0n) is 17.7. The third kappa shape index (κ3) is 3.95. The number of hydrogen-bond acceptors (Lipinski definition) is 7. The van der Waals surface area contributed by atoms with Crippen molar-refractivity contribution in [3.63, 3.8) is 0 Å². The molecule has 2 aliphatic rings. The van der Waals surface area contributed by atoms with Crippen molar-refractivity contribution in [2.75, 3.05) is 37.5 Å². The number of nitrogens with zero attached hydrogens (tertiary/aromatic N) is 3. The molecule has 7 nitrogen and oxygen atoms in total. The molecule has 2 unspecified atom stereocenters. The van der Waals surface area contributed by atoms with E-state index in [-0.39, 0.29) is 11.9 Å². The van der Waals surface area contributed by atoms with Crippen molar-refractivity contribution in [2.24, 2.45) is 5.92 Å². The van der Waals surface area contributed by atoms with Gasteiger partial charge in [-0.15, -0.1) is 5.06 Å². The smallest absolute Gasteiger partial charge is 0.357 e. The first-order valence-corrected chi connectivity index (χ1v) is 10.4. The van der Waals surface area contributed by atoms with Crippen molar-refractivity contribution in [3.8, 4) is 5.75 Å². The van der Waals surface area contributed by atoms with Crippen LogP contribution in [-0.2, 0) is 4.84 Å². The van der Waals surface area contributed by atoms with E-state index in [2.05, 4.69) is 9.80 Å². The number of aromatic hydroxyl groups is 1. The molecule has 2 N–H and O–H groups in total. The number of aliphatic hydroxyl groups is 1. The molecule has 30 heavy (non-hydrogen) atoms. The van der Waals surface area contributed by atoms with Crippen LogP contribution in [0.5, 0.6) is 5.75 Å². The Hall–Kier alpha value is -2.77. The summed E-state index contributed by atoms with van der Waals surface area (Å²) >= 11 is 0. The van der Waals surface area contributed by atoms with Crippen LogP contribution < -0.4 is 9.80 Å². The molecule has 0 saturated heterocycles. The van der Waals surface area contributed by atoms with Crippen molar-refractivity contribution in [2.45, 2.75) is 31.5 Å². The van der Waals surface area contributed by atoms with Crippen LogP contribution >= 0.6 is 0 Å². The van der Waals surface area contributed by atoms with Crippen LogP contribution in [0.4, 0.5) is 11.4 Å². The fourth-order valence-corrected chi connectivity index (χ4v) is 4.30. The lowest BCUT2D eigenvalue weighted by Crippen LogP contribution is -2.43. The van der Waals surface area contributed by atoms with Gasteiger partial charge in [0.1, 0.15) is 17.6 Å². The van der Waals surface area contributed by atoms with Gasteiger partial charge in [0.15, 0.2) is 0 Å². The second kappa shape index (κ2) is 8.16.